The van der Waals surface area contributed by atoms with Gasteiger partial charge in [-0.2, -0.15) is 0 Å². The molecule has 16 heteroatoms. The quantitative estimate of drug-likeness (QED) is 0.157. The van der Waals surface area contributed by atoms with E-state index in [0.717, 1.165) is 145 Å². The number of ketones is 1. The van der Waals surface area contributed by atoms with Crippen LogP contribution in [0.2, 0.25) is 0 Å². The number of Topliss-reactive ketones (excluding diaryl/α,β-unsaturated/α-hetero) is 1. The molecule has 3 aromatic heterocycles. The molecule has 66 heavy (non-hydrogen) atoms. The van der Waals surface area contributed by atoms with Gasteiger partial charge in [-0.3, -0.25) is 43.7 Å². The molecule has 0 bridgehead atoms. The van der Waals surface area contributed by atoms with Gasteiger partial charge in [0.1, 0.15) is 17.5 Å². The first kappa shape index (κ1) is 44.3. The molecule has 4 aromatic rings. The number of carbonyl (C=O) groups is 4. The number of imide groups is 1. The fourth-order valence-electron chi connectivity index (χ4n) is 11.3. The molecule has 10 rings (SSSR count). The average Bonchev–Trinajstić information content (AvgIpc) is 3.97. The first-order chi connectivity index (χ1) is 32.1. The van der Waals surface area contributed by atoms with Crippen molar-refractivity contribution < 1.29 is 23.9 Å². The van der Waals surface area contributed by atoms with Crippen molar-refractivity contribution in [1.82, 2.24) is 39.5 Å². The van der Waals surface area contributed by atoms with Crippen LogP contribution in [0.5, 0.6) is 0 Å². The predicted molar refractivity (Wildman–Crippen MR) is 250 cm³/mol. The molecule has 1 N–H and O–H groups in total. The minimum absolute atomic E-state index is 0.0481. The fourth-order valence-corrected chi connectivity index (χ4v) is 11.3. The van der Waals surface area contributed by atoms with Gasteiger partial charge >= 0.3 is 0 Å². The molecular formula is C50H62N10O6. The number of benzene rings is 1. The molecule has 1 aliphatic carbocycles. The highest BCUT2D eigenvalue weighted by molar-refractivity contribution is 6.05. The molecular weight excluding hydrogens is 837 g/mol. The smallest absolute Gasteiger partial charge is 0.263 e. The van der Waals surface area contributed by atoms with Crippen LogP contribution in [0.25, 0.3) is 11.0 Å². The highest BCUT2D eigenvalue weighted by Crippen LogP contribution is 2.34. The number of piperazine rings is 1. The van der Waals surface area contributed by atoms with Crippen LogP contribution in [-0.4, -0.2) is 141 Å². The molecule has 1 saturated carbocycles. The third-order valence-electron chi connectivity index (χ3n) is 15.2. The standard InChI is InChI=1S/C50H62N10O6/c1-32-42-30-52-44(53-47(42)60(36-5-3-4-6-36)50(65)46(32)33(2)61)28-35-7-8-38(29-51-35)58-25-23-56(24-26-58)22-21-55-17-13-39(14-18-55)66-40-15-19-57(20-16-40)37-9-10-41-34(27-37)31-59(49(41)64)43-11-12-45(62)54-48(43)63/h7-10,27,29-30,36,39-40,43H,3-6,11-26,28,31H2,1-2H3,(H,54,62,63). The molecule has 0 radical (unpaired) electrons. The zero-order valence-corrected chi connectivity index (χ0v) is 38.4. The van der Waals surface area contributed by atoms with E-state index in [1.165, 1.54) is 6.92 Å². The van der Waals surface area contributed by atoms with E-state index < -0.39 is 6.04 Å². The second-order valence-corrected chi connectivity index (χ2v) is 19.3. The number of aryl methyl sites for hydroxylation is 1. The van der Waals surface area contributed by atoms with E-state index in [4.69, 9.17) is 14.7 Å². The Labute approximate surface area is 385 Å². The van der Waals surface area contributed by atoms with E-state index in [9.17, 15) is 24.0 Å². The number of rotatable bonds is 12. The van der Waals surface area contributed by atoms with Crippen LogP contribution in [-0.2, 0) is 27.3 Å². The van der Waals surface area contributed by atoms with Gasteiger partial charge in [-0.05, 0) is 100 Å². The molecule has 1 atom stereocenters. The minimum atomic E-state index is -0.599. The molecule has 1 aromatic carbocycles. The van der Waals surface area contributed by atoms with Crippen LogP contribution >= 0.6 is 0 Å². The maximum Gasteiger partial charge on any atom is 0.263 e. The molecule has 16 nitrogen and oxygen atoms in total. The number of amides is 3. The Morgan fingerprint density at radius 2 is 1.45 bits per heavy atom. The number of pyridine rings is 2. The third-order valence-corrected chi connectivity index (χ3v) is 15.2. The van der Waals surface area contributed by atoms with Gasteiger partial charge in [-0.1, -0.05) is 12.8 Å². The number of hydrogen-bond acceptors (Lipinski definition) is 13. The van der Waals surface area contributed by atoms with Gasteiger partial charge in [0.05, 0.1) is 36.1 Å². The first-order valence-corrected chi connectivity index (χ1v) is 24.3. The van der Waals surface area contributed by atoms with E-state index in [-0.39, 0.29) is 53.2 Å². The lowest BCUT2D eigenvalue weighted by Gasteiger charge is -2.39. The summed E-state index contributed by atoms with van der Waals surface area (Å²) in [6.45, 7) is 13.7. The van der Waals surface area contributed by atoms with E-state index in [2.05, 4.69) is 48.1 Å². The molecule has 3 amide bonds. The molecule has 5 fully saturated rings. The number of fused-ring (bicyclic) bond motifs is 2. The Hall–Kier alpha value is -5.58. The number of ether oxygens (including phenoxy) is 1. The third kappa shape index (κ3) is 9.11. The van der Waals surface area contributed by atoms with E-state index in [0.29, 0.717) is 48.1 Å². The summed E-state index contributed by atoms with van der Waals surface area (Å²) in [6, 6.07) is 9.67. The second kappa shape index (κ2) is 19.0. The molecule has 6 aliphatic rings. The molecule has 8 heterocycles. The van der Waals surface area contributed by atoms with Crippen molar-refractivity contribution in [2.24, 2.45) is 0 Å². The van der Waals surface area contributed by atoms with Crippen LogP contribution in [0.1, 0.15) is 121 Å². The summed E-state index contributed by atoms with van der Waals surface area (Å²) < 4.78 is 8.45. The Morgan fingerprint density at radius 1 is 0.773 bits per heavy atom. The summed E-state index contributed by atoms with van der Waals surface area (Å²) in [4.78, 5) is 89.4. The largest absolute Gasteiger partial charge is 0.375 e. The minimum Gasteiger partial charge on any atom is -0.375 e. The second-order valence-electron chi connectivity index (χ2n) is 19.3. The lowest BCUT2D eigenvalue weighted by Crippen LogP contribution is -2.52. The number of anilines is 2. The molecule has 1 unspecified atom stereocenters. The van der Waals surface area contributed by atoms with Crippen LogP contribution < -0.4 is 20.7 Å². The summed E-state index contributed by atoms with van der Waals surface area (Å²) >= 11 is 0. The lowest BCUT2D eigenvalue weighted by molar-refractivity contribution is -0.136. The molecule has 5 aliphatic heterocycles. The summed E-state index contributed by atoms with van der Waals surface area (Å²) in [5.74, 6) is -0.394. The van der Waals surface area contributed by atoms with Gasteiger partial charge in [0.2, 0.25) is 11.8 Å². The molecule has 0 spiro atoms. The SMILES string of the molecule is CC(=O)c1c(C)c2cnc(Cc3ccc(N4CCN(CCN5CCC(OC6CCN(c7ccc8c(c7)CN(C7CCC(=O)NC7=O)C8=O)CC6)CC5)CC4)cn3)nc2n(C2CCCC2)c1=O. The Morgan fingerprint density at radius 3 is 2.14 bits per heavy atom. The van der Waals surface area contributed by atoms with Crippen molar-refractivity contribution in [2.75, 3.05) is 75.2 Å². The number of likely N-dealkylation sites (tertiary alicyclic amines) is 1. The van der Waals surface area contributed by atoms with Crippen molar-refractivity contribution in [3.05, 3.63) is 86.9 Å². The topological polar surface area (TPSA) is 166 Å². The Bertz CT molecular complexity index is 2550. The van der Waals surface area contributed by atoms with Crippen LogP contribution in [0, 0.1) is 6.92 Å². The fraction of sp³-hybridized carbons (Fsp3) is 0.560. The Balaban J connectivity index is 0.641. The van der Waals surface area contributed by atoms with Gasteiger partial charge in [0, 0.05) is 113 Å². The number of aromatic nitrogens is 4. The van der Waals surface area contributed by atoms with Crippen molar-refractivity contribution in [3.8, 4) is 0 Å². The van der Waals surface area contributed by atoms with E-state index in [1.54, 1.807) is 15.7 Å². The normalized spacial score (nSPS) is 21.9. The number of carbonyl (C=O) groups excluding carboxylic acids is 4. The number of hydrogen-bond donors (Lipinski definition) is 1. The number of nitrogens with zero attached hydrogens (tertiary/aromatic N) is 9. The van der Waals surface area contributed by atoms with Crippen molar-refractivity contribution >= 4 is 45.9 Å². The first-order valence-electron chi connectivity index (χ1n) is 24.3. The highest BCUT2D eigenvalue weighted by Gasteiger charge is 2.39. The van der Waals surface area contributed by atoms with Crippen LogP contribution in [0.15, 0.2) is 47.5 Å². The predicted octanol–water partition coefficient (Wildman–Crippen LogP) is 4.44. The van der Waals surface area contributed by atoms with Gasteiger partial charge in [0.25, 0.3) is 11.5 Å². The van der Waals surface area contributed by atoms with Crippen LogP contribution in [0.3, 0.4) is 0 Å². The summed E-state index contributed by atoms with van der Waals surface area (Å²) in [6.07, 6.45) is 13.4. The monoisotopic (exact) mass is 898 g/mol. The molecule has 348 valence electrons. The number of piperidine rings is 3. The van der Waals surface area contributed by atoms with E-state index in [1.807, 2.05) is 25.3 Å². The van der Waals surface area contributed by atoms with E-state index >= 15 is 0 Å². The number of nitrogens with one attached hydrogen (secondary N) is 1. The van der Waals surface area contributed by atoms with Crippen molar-refractivity contribution in [2.45, 2.75) is 115 Å². The molecule has 4 saturated heterocycles. The maximum absolute atomic E-state index is 13.6. The summed E-state index contributed by atoms with van der Waals surface area (Å²) in [5, 5.41) is 3.14. The van der Waals surface area contributed by atoms with Crippen LogP contribution in [0.4, 0.5) is 11.4 Å². The van der Waals surface area contributed by atoms with Gasteiger partial charge in [0.15, 0.2) is 5.78 Å². The van der Waals surface area contributed by atoms with Gasteiger partial charge in [-0.15, -0.1) is 0 Å². The average molecular weight is 899 g/mol. The maximum atomic E-state index is 13.6. The van der Waals surface area contributed by atoms with Gasteiger partial charge in [-0.25, -0.2) is 9.97 Å². The van der Waals surface area contributed by atoms with Gasteiger partial charge < -0.3 is 24.3 Å². The summed E-state index contributed by atoms with van der Waals surface area (Å²) in [5.41, 5.74) is 5.98. The summed E-state index contributed by atoms with van der Waals surface area (Å²) in [7, 11) is 0. The lowest BCUT2D eigenvalue weighted by atomic mass is 10.0. The highest BCUT2D eigenvalue weighted by atomic mass is 16.5. The van der Waals surface area contributed by atoms with Crippen molar-refractivity contribution in [1.29, 1.82) is 0 Å². The zero-order valence-electron chi connectivity index (χ0n) is 38.4. The zero-order chi connectivity index (χ0) is 45.5. The Kier molecular flexibility index (Phi) is 12.7. The van der Waals surface area contributed by atoms with Crippen molar-refractivity contribution in [3.63, 3.8) is 0 Å².